The monoisotopic (exact) mass is 454 g/mol. The van der Waals surface area contributed by atoms with Gasteiger partial charge in [0.15, 0.2) is 0 Å². The lowest BCUT2D eigenvalue weighted by molar-refractivity contribution is 0.00791. The van der Waals surface area contributed by atoms with E-state index >= 15 is 0 Å². The van der Waals surface area contributed by atoms with Crippen molar-refractivity contribution in [3.8, 4) is 0 Å². The van der Waals surface area contributed by atoms with Gasteiger partial charge in [0.25, 0.3) is 0 Å². The summed E-state index contributed by atoms with van der Waals surface area (Å²) in [5.41, 5.74) is 1.46. The van der Waals surface area contributed by atoms with Gasteiger partial charge in [-0.25, -0.2) is 9.97 Å². The summed E-state index contributed by atoms with van der Waals surface area (Å²) in [4.78, 5) is 19.1. The van der Waals surface area contributed by atoms with Gasteiger partial charge in [-0.1, -0.05) is 0 Å². The van der Waals surface area contributed by atoms with E-state index in [4.69, 9.17) is 19.1 Å². The summed E-state index contributed by atoms with van der Waals surface area (Å²) < 4.78 is 10.9. The Morgan fingerprint density at radius 3 is 2.69 bits per heavy atom. The first-order chi connectivity index (χ1) is 15.8. The molecule has 3 aromatic heterocycles. The minimum Gasteiger partial charge on any atom is -0.432 e. The molecule has 4 heterocycles. The normalized spacial score (nSPS) is 24.4. The maximum absolute atomic E-state index is 5.53. The summed E-state index contributed by atoms with van der Waals surface area (Å²) in [5, 5.41) is 8.19. The van der Waals surface area contributed by atoms with E-state index in [9.17, 15) is 0 Å². The van der Waals surface area contributed by atoms with Crippen LogP contribution in [0.5, 0.6) is 0 Å². The Morgan fingerprint density at radius 1 is 1.03 bits per heavy atom. The van der Waals surface area contributed by atoms with Crippen molar-refractivity contribution in [2.75, 3.05) is 36.9 Å². The molecule has 1 saturated heterocycles. The molecule has 0 unspecified atom stereocenters. The first-order valence-corrected chi connectivity index (χ1v) is 12.7. The molecular weight excluding hydrogens is 424 g/mol. The molecule has 0 radical (unpaired) electrons. The van der Waals surface area contributed by atoms with Crippen molar-refractivity contribution < 1.29 is 9.15 Å². The van der Waals surface area contributed by atoms with Crippen molar-refractivity contribution in [2.45, 2.75) is 63.5 Å². The SMILES string of the molecule is c1coc(Nc2nc(N[C@H]3CC[C@H](N4CCOCC4)CC3)c3c4c(sc3n2)CCCC4)n1. The van der Waals surface area contributed by atoms with E-state index in [2.05, 4.69) is 20.5 Å². The van der Waals surface area contributed by atoms with Gasteiger partial charge in [-0.2, -0.15) is 4.98 Å². The zero-order valence-corrected chi connectivity index (χ0v) is 19.1. The molecule has 0 atom stereocenters. The number of hydrogen-bond donors (Lipinski definition) is 2. The van der Waals surface area contributed by atoms with Crippen LogP contribution in [0.1, 0.15) is 49.0 Å². The van der Waals surface area contributed by atoms with Crippen LogP contribution in [0, 0.1) is 0 Å². The van der Waals surface area contributed by atoms with Crippen LogP contribution in [0.4, 0.5) is 17.8 Å². The number of fused-ring (bicyclic) bond motifs is 3. The molecule has 0 bridgehead atoms. The molecule has 8 nitrogen and oxygen atoms in total. The van der Waals surface area contributed by atoms with Gasteiger partial charge < -0.3 is 14.5 Å². The van der Waals surface area contributed by atoms with Crippen molar-refractivity contribution in [1.29, 1.82) is 0 Å². The van der Waals surface area contributed by atoms with Crippen LogP contribution in [0.25, 0.3) is 10.2 Å². The maximum Gasteiger partial charge on any atom is 0.301 e. The number of rotatable bonds is 5. The summed E-state index contributed by atoms with van der Waals surface area (Å²) in [6.45, 7) is 3.90. The first-order valence-electron chi connectivity index (χ1n) is 11.9. The van der Waals surface area contributed by atoms with Gasteiger partial charge in [0, 0.05) is 30.1 Å². The third kappa shape index (κ3) is 4.09. The molecule has 2 fully saturated rings. The van der Waals surface area contributed by atoms with Crippen molar-refractivity contribution in [3.05, 3.63) is 22.9 Å². The Morgan fingerprint density at radius 2 is 1.88 bits per heavy atom. The fourth-order valence-corrected chi connectivity index (χ4v) is 6.68. The zero-order chi connectivity index (χ0) is 21.3. The topological polar surface area (TPSA) is 88.3 Å². The van der Waals surface area contributed by atoms with Gasteiger partial charge in [-0.15, -0.1) is 11.3 Å². The van der Waals surface area contributed by atoms with Gasteiger partial charge >= 0.3 is 6.01 Å². The molecule has 3 aliphatic rings. The van der Waals surface area contributed by atoms with Crippen LogP contribution in [0.15, 0.2) is 16.9 Å². The van der Waals surface area contributed by atoms with Crippen LogP contribution in [-0.2, 0) is 17.6 Å². The zero-order valence-electron chi connectivity index (χ0n) is 18.3. The lowest BCUT2D eigenvalue weighted by atomic mass is 9.89. The van der Waals surface area contributed by atoms with E-state index in [-0.39, 0.29) is 0 Å². The third-order valence-corrected chi connectivity index (χ3v) is 8.25. The van der Waals surface area contributed by atoms with Crippen molar-refractivity contribution >= 4 is 39.3 Å². The van der Waals surface area contributed by atoms with E-state index in [0.717, 1.165) is 49.8 Å². The minimum atomic E-state index is 0.419. The van der Waals surface area contributed by atoms with E-state index in [1.807, 2.05) is 11.3 Å². The van der Waals surface area contributed by atoms with Crippen molar-refractivity contribution in [3.63, 3.8) is 0 Å². The molecule has 0 aromatic carbocycles. The maximum atomic E-state index is 5.53. The van der Waals surface area contributed by atoms with Crippen LogP contribution < -0.4 is 10.6 Å². The molecule has 170 valence electrons. The quantitative estimate of drug-likeness (QED) is 0.588. The van der Waals surface area contributed by atoms with E-state index in [1.165, 1.54) is 54.4 Å². The van der Waals surface area contributed by atoms with Crippen molar-refractivity contribution in [1.82, 2.24) is 19.9 Å². The number of morpholine rings is 1. The number of ether oxygens (including phenoxy) is 1. The van der Waals surface area contributed by atoms with Gasteiger partial charge in [-0.3, -0.25) is 10.2 Å². The summed E-state index contributed by atoms with van der Waals surface area (Å²) in [7, 11) is 0. The Kier molecular flexibility index (Phi) is 5.70. The lowest BCUT2D eigenvalue weighted by Crippen LogP contribution is -2.46. The van der Waals surface area contributed by atoms with Crippen LogP contribution in [0.2, 0.25) is 0 Å². The minimum absolute atomic E-state index is 0.419. The fraction of sp³-hybridized carbons (Fsp3) is 0.609. The molecule has 0 spiro atoms. The Bertz CT molecular complexity index is 1050. The van der Waals surface area contributed by atoms with Crippen LogP contribution >= 0.6 is 11.3 Å². The summed E-state index contributed by atoms with van der Waals surface area (Å²) in [5.74, 6) is 1.52. The highest BCUT2D eigenvalue weighted by Gasteiger charge is 2.28. The summed E-state index contributed by atoms with van der Waals surface area (Å²) in [6, 6.07) is 1.56. The van der Waals surface area contributed by atoms with E-state index in [1.54, 1.807) is 12.5 Å². The van der Waals surface area contributed by atoms with E-state index in [0.29, 0.717) is 24.0 Å². The van der Waals surface area contributed by atoms with Gasteiger partial charge in [-0.05, 0) is 56.9 Å². The molecule has 1 saturated carbocycles. The third-order valence-electron chi connectivity index (χ3n) is 7.07. The molecular formula is C23H30N6O2S. The highest BCUT2D eigenvalue weighted by Crippen LogP contribution is 2.40. The first kappa shape index (κ1) is 20.4. The number of hydrogen-bond acceptors (Lipinski definition) is 9. The van der Waals surface area contributed by atoms with E-state index < -0.39 is 0 Å². The highest BCUT2D eigenvalue weighted by molar-refractivity contribution is 7.19. The Balaban J connectivity index is 1.24. The van der Waals surface area contributed by atoms with Crippen LogP contribution in [-0.4, -0.2) is 58.2 Å². The predicted molar refractivity (Wildman–Crippen MR) is 126 cm³/mol. The number of nitrogens with zero attached hydrogens (tertiary/aromatic N) is 4. The summed E-state index contributed by atoms with van der Waals surface area (Å²) >= 11 is 1.82. The summed E-state index contributed by atoms with van der Waals surface area (Å²) in [6.07, 6.45) is 12.8. The molecule has 2 aliphatic carbocycles. The molecule has 32 heavy (non-hydrogen) atoms. The Hall–Kier alpha value is -2.23. The Labute approximate surface area is 191 Å². The number of anilines is 3. The van der Waals surface area contributed by atoms with Crippen molar-refractivity contribution in [2.24, 2.45) is 0 Å². The molecule has 6 rings (SSSR count). The second-order valence-corrected chi connectivity index (χ2v) is 10.1. The smallest absolute Gasteiger partial charge is 0.301 e. The second-order valence-electron chi connectivity index (χ2n) is 9.05. The number of aromatic nitrogens is 3. The van der Waals surface area contributed by atoms with Gasteiger partial charge in [0.1, 0.15) is 16.9 Å². The fourth-order valence-electron chi connectivity index (χ4n) is 5.42. The molecule has 3 aromatic rings. The highest BCUT2D eigenvalue weighted by atomic mass is 32.1. The average molecular weight is 455 g/mol. The second kappa shape index (κ2) is 8.96. The van der Waals surface area contributed by atoms with Gasteiger partial charge in [0.05, 0.1) is 24.8 Å². The lowest BCUT2D eigenvalue weighted by Gasteiger charge is -2.39. The molecule has 2 N–H and O–H groups in total. The van der Waals surface area contributed by atoms with Gasteiger partial charge in [0.2, 0.25) is 5.95 Å². The number of nitrogens with one attached hydrogen (secondary N) is 2. The standard InChI is InChI=1S/C23H30N6O2S/c1-2-4-18-17(3-1)19-20(26-22(27-21(19)32-18)28-23-24-9-12-31-23)25-15-5-7-16(8-6-15)29-10-13-30-14-11-29/h9,12,15-16H,1-8,10-11,13-14H2,(H2,24,25,26,27,28)/t15-,16-. The number of aryl methyl sites for hydroxylation is 2. The number of thiophene rings is 1. The predicted octanol–water partition coefficient (Wildman–Crippen LogP) is 4.36. The molecule has 0 amide bonds. The molecule has 9 heteroatoms. The largest absolute Gasteiger partial charge is 0.432 e. The number of oxazole rings is 1. The average Bonchev–Trinajstić information content (AvgIpc) is 3.47. The van der Waals surface area contributed by atoms with Crippen LogP contribution in [0.3, 0.4) is 0 Å². The molecule has 1 aliphatic heterocycles.